The number of carbonyl (C=O) groups excluding carboxylic acids is 1. The molecule has 0 bridgehead atoms. The van der Waals surface area contributed by atoms with Crippen molar-refractivity contribution >= 4 is 5.78 Å². The Hall–Kier alpha value is 0.189. The number of unbranched alkanes of at least 4 members (excludes halogenated alkanes) is 2. The van der Waals surface area contributed by atoms with Crippen LogP contribution in [0.4, 0.5) is 0 Å². The maximum absolute atomic E-state index is 9.33. The van der Waals surface area contributed by atoms with E-state index in [-0.39, 0.29) is 25.9 Å². The van der Waals surface area contributed by atoms with Crippen molar-refractivity contribution in [2.75, 3.05) is 0 Å². The average Bonchev–Trinajstić information content (AvgIpc) is 1.66. The summed E-state index contributed by atoms with van der Waals surface area (Å²) in [6.45, 7) is 8.73. The Bertz CT molecular complexity index is 56.3. The van der Waals surface area contributed by atoms with Crippen LogP contribution in [0.5, 0.6) is 0 Å². The van der Waals surface area contributed by atoms with Gasteiger partial charge in [0.05, 0.1) is 0 Å². The summed E-state index contributed by atoms with van der Waals surface area (Å²) in [5, 5.41) is 0. The van der Waals surface area contributed by atoms with E-state index in [1.807, 2.05) is 0 Å². The topological polar surface area (TPSA) is 17.1 Å². The van der Waals surface area contributed by atoms with E-state index >= 15 is 0 Å². The third-order valence-corrected chi connectivity index (χ3v) is 0.577. The molecule has 0 amide bonds. The number of hydrogen-bond donors (Lipinski definition) is 0. The first-order valence-electron chi connectivity index (χ1n) is 3.29. The molecule has 0 spiro atoms. The van der Waals surface area contributed by atoms with Gasteiger partial charge in [0.25, 0.3) is 0 Å². The number of carbonyl (C=O) groups is 1. The summed E-state index contributed by atoms with van der Waals surface area (Å²) in [4.78, 5) is 9.33. The second-order valence-corrected chi connectivity index (χ2v) is 1.81. The Morgan fingerprint density at radius 2 is 1.60 bits per heavy atom. The van der Waals surface area contributed by atoms with Gasteiger partial charge in [-0.1, -0.05) is 13.8 Å². The largest absolute Gasteiger partial charge is 0.340 e. The maximum atomic E-state index is 9.33. The first-order chi connectivity index (χ1) is 4.15. The van der Waals surface area contributed by atoms with Gasteiger partial charge in [-0.05, 0) is 12.7 Å². The van der Waals surface area contributed by atoms with Gasteiger partial charge in [0.1, 0.15) is 0 Å². The molecule has 1 radical (unpaired) electrons. The molecule has 0 rings (SSSR count). The van der Waals surface area contributed by atoms with Gasteiger partial charge in [0, 0.05) is 20.1 Å². The third kappa shape index (κ3) is 88.3. The van der Waals surface area contributed by atoms with E-state index in [9.17, 15) is 4.79 Å². The van der Waals surface area contributed by atoms with Crippen molar-refractivity contribution < 1.29 is 24.9 Å². The average molecular weight is 226 g/mol. The second kappa shape index (κ2) is 16.1. The van der Waals surface area contributed by atoms with Crippen LogP contribution in [0, 0.1) is 13.3 Å². The fourth-order valence-corrected chi connectivity index (χ4v) is 0.289. The van der Waals surface area contributed by atoms with Crippen molar-refractivity contribution in [2.45, 2.75) is 33.6 Å². The summed E-state index contributed by atoms with van der Waals surface area (Å²) in [6.07, 6.45) is 4.69. The first kappa shape index (κ1) is 16.6. The van der Waals surface area contributed by atoms with E-state index < -0.39 is 0 Å². The molecule has 0 saturated heterocycles. The molecule has 0 saturated carbocycles. The molecule has 0 aliphatic rings. The number of rotatable bonds is 2. The van der Waals surface area contributed by atoms with Crippen LogP contribution in [-0.4, -0.2) is 5.78 Å². The minimum absolute atomic E-state index is 0. The molecule has 0 fully saturated rings. The zero-order chi connectivity index (χ0) is 7.70. The number of hydrogen-bond acceptors (Lipinski definition) is 1. The van der Waals surface area contributed by atoms with Crippen LogP contribution in [0.15, 0.2) is 0 Å². The summed E-state index contributed by atoms with van der Waals surface area (Å²) in [6, 6.07) is 0. The van der Waals surface area contributed by atoms with Crippen LogP contribution in [-0.2, 0) is 24.9 Å². The minimum Gasteiger partial charge on any atom is -0.340 e. The molecule has 0 aromatic carbocycles. The summed E-state index contributed by atoms with van der Waals surface area (Å²) < 4.78 is 0. The molecule has 10 heavy (non-hydrogen) atoms. The van der Waals surface area contributed by atoms with Gasteiger partial charge in [0.15, 0.2) is 0 Å². The smallest absolute Gasteiger partial charge is 0 e. The summed E-state index contributed by atoms with van der Waals surface area (Å²) in [5.41, 5.74) is 0. The summed E-state index contributed by atoms with van der Waals surface area (Å²) in [5.74, 6) is -0.0833. The van der Waals surface area contributed by atoms with Crippen LogP contribution >= 0.6 is 0 Å². The standard InChI is InChI=1S/C5H11.C3H5O.Tc/c1-3-5-4-2;1-3(2)4;/h5H,3-4H2,1-2H3;1H2,2H3;/q2*-1;. The normalized spacial score (nSPS) is 6.70. The second-order valence-electron chi connectivity index (χ2n) is 1.81. The van der Waals surface area contributed by atoms with E-state index in [2.05, 4.69) is 27.2 Å². The van der Waals surface area contributed by atoms with Crippen molar-refractivity contribution in [2.24, 2.45) is 0 Å². The van der Waals surface area contributed by atoms with Gasteiger partial charge in [-0.2, -0.15) is 12.8 Å². The molecule has 0 heterocycles. The van der Waals surface area contributed by atoms with Crippen molar-refractivity contribution in [3.63, 3.8) is 0 Å². The Morgan fingerprint density at radius 3 is 1.60 bits per heavy atom. The summed E-state index contributed by atoms with van der Waals surface area (Å²) in [7, 11) is 0. The van der Waals surface area contributed by atoms with Crippen molar-refractivity contribution in [3.05, 3.63) is 13.3 Å². The Morgan fingerprint density at radius 1 is 1.40 bits per heavy atom. The fourth-order valence-electron chi connectivity index (χ4n) is 0.289. The Kier molecular flexibility index (Phi) is 26.8. The van der Waals surface area contributed by atoms with Crippen molar-refractivity contribution in [1.82, 2.24) is 0 Å². The zero-order valence-corrected chi connectivity index (χ0v) is 8.84. The molecular formula is C8H16OTc-2. The molecule has 0 atom stereocenters. The van der Waals surface area contributed by atoms with E-state index in [1.54, 1.807) is 0 Å². The predicted molar refractivity (Wildman–Crippen MR) is 40.9 cm³/mol. The minimum atomic E-state index is -0.0833. The van der Waals surface area contributed by atoms with Gasteiger partial charge < -0.3 is 18.1 Å². The van der Waals surface area contributed by atoms with E-state index in [0.717, 1.165) is 0 Å². The molecule has 1 nitrogen and oxygen atoms in total. The van der Waals surface area contributed by atoms with Gasteiger partial charge in [-0.3, -0.25) is 0 Å². The van der Waals surface area contributed by atoms with Crippen molar-refractivity contribution in [1.29, 1.82) is 0 Å². The molecule has 0 aromatic rings. The van der Waals surface area contributed by atoms with E-state index in [0.29, 0.717) is 0 Å². The molecule has 0 N–H and O–H groups in total. The van der Waals surface area contributed by atoms with E-state index in [4.69, 9.17) is 0 Å². The van der Waals surface area contributed by atoms with Gasteiger partial charge in [-0.25, -0.2) is 0 Å². The Labute approximate surface area is 77.9 Å². The van der Waals surface area contributed by atoms with Crippen LogP contribution in [0.2, 0.25) is 0 Å². The van der Waals surface area contributed by atoms with Crippen LogP contribution in [0.3, 0.4) is 0 Å². The SMILES string of the molecule is CC[CH-]CC.[CH2-]C(C)=O.[Tc]. The zero-order valence-electron chi connectivity index (χ0n) is 6.98. The van der Waals surface area contributed by atoms with Gasteiger partial charge >= 0.3 is 0 Å². The molecule has 0 aliphatic heterocycles. The predicted octanol–water partition coefficient (Wildman–Crippen LogP) is 2.42. The van der Waals surface area contributed by atoms with Crippen LogP contribution in [0.25, 0.3) is 0 Å². The van der Waals surface area contributed by atoms with Crippen LogP contribution in [0.1, 0.15) is 33.6 Å². The van der Waals surface area contributed by atoms with Gasteiger partial charge in [0.2, 0.25) is 0 Å². The van der Waals surface area contributed by atoms with Crippen LogP contribution < -0.4 is 0 Å². The molecule has 63 valence electrons. The molecule has 2 heteroatoms. The molecule has 0 aliphatic carbocycles. The summed E-state index contributed by atoms with van der Waals surface area (Å²) >= 11 is 0. The third-order valence-electron chi connectivity index (χ3n) is 0.577. The maximum Gasteiger partial charge on any atom is 0 e. The first-order valence-corrected chi connectivity index (χ1v) is 3.29. The quantitative estimate of drug-likeness (QED) is 0.661. The molecular weight excluding hydrogens is 210 g/mol. The molecule has 0 aromatic heterocycles. The fraction of sp³-hybridized carbons (Fsp3) is 0.625. The Balaban J connectivity index is -0.0000000910. The van der Waals surface area contributed by atoms with E-state index in [1.165, 1.54) is 19.8 Å². The number of ketones is 1. The molecule has 0 unspecified atom stereocenters. The van der Waals surface area contributed by atoms with Gasteiger partial charge in [-0.15, -0.1) is 0 Å². The monoisotopic (exact) mass is 225 g/mol. The number of Topliss-reactive ketones (excluding diaryl/α,β-unsaturated/α-hetero) is 1. The van der Waals surface area contributed by atoms with Crippen molar-refractivity contribution in [3.8, 4) is 0 Å².